The van der Waals surface area contributed by atoms with Gasteiger partial charge in [0.1, 0.15) is 5.75 Å². The number of rotatable bonds is 5. The first kappa shape index (κ1) is 21.5. The summed E-state index contributed by atoms with van der Waals surface area (Å²) in [6, 6.07) is 9.18. The van der Waals surface area contributed by atoms with E-state index in [9.17, 15) is 27.6 Å². The van der Waals surface area contributed by atoms with Crippen molar-refractivity contribution in [3.8, 4) is 5.75 Å². The van der Waals surface area contributed by atoms with Crippen LogP contribution in [0.4, 0.5) is 24.5 Å². The molecule has 1 atom stereocenters. The number of thioether (sulfide) groups is 1. The van der Waals surface area contributed by atoms with Gasteiger partial charge < -0.3 is 20.1 Å². The smallest absolute Gasteiger partial charge is 0.449 e. The summed E-state index contributed by atoms with van der Waals surface area (Å²) < 4.78 is 45.4. The number of hydrogen-bond donors (Lipinski definition) is 2. The van der Waals surface area contributed by atoms with E-state index in [1.54, 1.807) is 6.07 Å². The van der Waals surface area contributed by atoms with Crippen LogP contribution in [0, 0.1) is 0 Å². The highest BCUT2D eigenvalue weighted by atomic mass is 32.2. The minimum Gasteiger partial charge on any atom is -0.449 e. The molecule has 1 heterocycles. The van der Waals surface area contributed by atoms with Crippen LogP contribution in [-0.4, -0.2) is 36.0 Å². The molecule has 2 aromatic carbocycles. The Bertz CT molecular complexity index is 979. The molecule has 11 heteroatoms. The molecule has 2 amide bonds. The maximum absolute atomic E-state index is 12.3. The molecule has 0 saturated carbocycles. The number of benzene rings is 2. The number of fused-ring (bicyclic) bond motifs is 1. The lowest BCUT2D eigenvalue weighted by Crippen LogP contribution is -2.30. The second kappa shape index (κ2) is 8.66. The lowest BCUT2D eigenvalue weighted by Gasteiger charge is -2.18. The van der Waals surface area contributed by atoms with E-state index in [1.807, 2.05) is 0 Å². The summed E-state index contributed by atoms with van der Waals surface area (Å²) in [5, 5.41) is 5.09. The lowest BCUT2D eigenvalue weighted by atomic mass is 10.2. The maximum atomic E-state index is 12.3. The lowest BCUT2D eigenvalue weighted by molar-refractivity contribution is -0.274. The Balaban J connectivity index is 1.58. The number of amides is 2. The summed E-state index contributed by atoms with van der Waals surface area (Å²) in [5.41, 5.74) is 0.847. The molecule has 1 aliphatic heterocycles. The first-order valence-corrected chi connectivity index (χ1v) is 9.53. The zero-order valence-corrected chi connectivity index (χ0v) is 16.2. The van der Waals surface area contributed by atoms with Crippen LogP contribution in [-0.2, 0) is 14.3 Å². The van der Waals surface area contributed by atoms with Crippen LogP contribution < -0.4 is 15.4 Å². The van der Waals surface area contributed by atoms with Crippen molar-refractivity contribution in [2.75, 3.05) is 16.4 Å². The van der Waals surface area contributed by atoms with Gasteiger partial charge in [0.15, 0.2) is 6.10 Å². The van der Waals surface area contributed by atoms with Crippen molar-refractivity contribution < 1.29 is 37.0 Å². The first-order valence-electron chi connectivity index (χ1n) is 8.55. The Morgan fingerprint density at radius 3 is 2.53 bits per heavy atom. The van der Waals surface area contributed by atoms with Gasteiger partial charge in [0.2, 0.25) is 5.91 Å². The van der Waals surface area contributed by atoms with Gasteiger partial charge in [-0.15, -0.1) is 24.9 Å². The molecule has 0 aromatic heterocycles. The van der Waals surface area contributed by atoms with E-state index < -0.39 is 30.1 Å². The average molecular weight is 440 g/mol. The van der Waals surface area contributed by atoms with E-state index >= 15 is 0 Å². The highest BCUT2D eigenvalue weighted by Gasteiger charge is 2.31. The third kappa shape index (κ3) is 5.66. The zero-order valence-electron chi connectivity index (χ0n) is 15.4. The average Bonchev–Trinajstić information content (AvgIpc) is 2.67. The van der Waals surface area contributed by atoms with Gasteiger partial charge in [-0.3, -0.25) is 9.59 Å². The highest BCUT2D eigenvalue weighted by Crippen LogP contribution is 2.32. The maximum Gasteiger partial charge on any atom is 0.573 e. The van der Waals surface area contributed by atoms with Crippen molar-refractivity contribution in [3.05, 3.63) is 48.0 Å². The molecule has 0 bridgehead atoms. The molecule has 7 nitrogen and oxygen atoms in total. The largest absolute Gasteiger partial charge is 0.573 e. The number of carbonyl (C=O) groups is 3. The molecule has 2 aromatic rings. The number of nitrogens with one attached hydrogen (secondary N) is 2. The fraction of sp³-hybridized carbons (Fsp3) is 0.211. The van der Waals surface area contributed by atoms with Gasteiger partial charge >= 0.3 is 12.3 Å². The van der Waals surface area contributed by atoms with Crippen molar-refractivity contribution in [3.63, 3.8) is 0 Å². The van der Waals surface area contributed by atoms with E-state index in [1.165, 1.54) is 43.0 Å². The molecule has 0 fully saturated rings. The van der Waals surface area contributed by atoms with Crippen molar-refractivity contribution in [2.24, 2.45) is 0 Å². The number of carbonyl (C=O) groups excluding carboxylic acids is 3. The number of ether oxygens (including phenoxy) is 2. The fourth-order valence-electron chi connectivity index (χ4n) is 2.48. The summed E-state index contributed by atoms with van der Waals surface area (Å²) in [5.74, 6) is -1.76. The van der Waals surface area contributed by atoms with E-state index in [4.69, 9.17) is 4.74 Å². The van der Waals surface area contributed by atoms with Gasteiger partial charge in [-0.25, -0.2) is 4.79 Å². The van der Waals surface area contributed by atoms with Crippen LogP contribution in [0.1, 0.15) is 17.3 Å². The molecule has 0 aliphatic carbocycles. The monoisotopic (exact) mass is 440 g/mol. The third-order valence-electron chi connectivity index (χ3n) is 3.86. The Morgan fingerprint density at radius 2 is 1.87 bits per heavy atom. The molecule has 158 valence electrons. The Morgan fingerprint density at radius 1 is 1.17 bits per heavy atom. The van der Waals surface area contributed by atoms with Gasteiger partial charge in [0.05, 0.1) is 17.0 Å². The van der Waals surface area contributed by atoms with Gasteiger partial charge in [-0.1, -0.05) is 0 Å². The Hall–Kier alpha value is -3.21. The molecule has 0 saturated heterocycles. The number of esters is 1. The summed E-state index contributed by atoms with van der Waals surface area (Å²) in [4.78, 5) is 36.8. The first-order chi connectivity index (χ1) is 14.1. The molecule has 1 aliphatic rings. The second-order valence-corrected chi connectivity index (χ2v) is 7.17. The van der Waals surface area contributed by atoms with Crippen LogP contribution in [0.15, 0.2) is 47.4 Å². The van der Waals surface area contributed by atoms with Gasteiger partial charge in [0.25, 0.3) is 5.91 Å². The van der Waals surface area contributed by atoms with Crippen molar-refractivity contribution in [1.82, 2.24) is 0 Å². The zero-order chi connectivity index (χ0) is 21.9. The van der Waals surface area contributed by atoms with E-state index in [0.29, 0.717) is 5.69 Å². The standard InChI is InChI=1S/C19H15F3N2O5S/c1-10(17(26)23-12-3-5-13(6-4-12)29-19(20,21)22)28-18(27)11-2-7-15-14(8-11)24-16(25)9-30-15/h2-8,10H,9H2,1H3,(H,23,26)(H,24,25). The summed E-state index contributed by atoms with van der Waals surface area (Å²) >= 11 is 1.34. The van der Waals surface area contributed by atoms with Crippen molar-refractivity contribution >= 4 is 40.9 Å². The van der Waals surface area contributed by atoms with E-state index in [-0.39, 0.29) is 22.9 Å². The van der Waals surface area contributed by atoms with Crippen LogP contribution in [0.2, 0.25) is 0 Å². The molecule has 3 rings (SSSR count). The minimum absolute atomic E-state index is 0.157. The molecule has 0 spiro atoms. The van der Waals surface area contributed by atoms with E-state index in [2.05, 4.69) is 15.4 Å². The molecular weight excluding hydrogens is 425 g/mol. The predicted molar refractivity (Wildman–Crippen MR) is 102 cm³/mol. The normalized spacial score (nSPS) is 14.2. The number of halogens is 3. The quantitative estimate of drug-likeness (QED) is 0.687. The van der Waals surface area contributed by atoms with Crippen LogP contribution >= 0.6 is 11.8 Å². The van der Waals surface area contributed by atoms with Gasteiger partial charge in [0, 0.05) is 10.6 Å². The second-order valence-electron chi connectivity index (χ2n) is 6.16. The number of alkyl halides is 3. The molecule has 2 N–H and O–H groups in total. The number of anilines is 2. The Labute approximate surface area is 172 Å². The fourth-order valence-corrected chi connectivity index (χ4v) is 3.26. The van der Waals surface area contributed by atoms with E-state index in [0.717, 1.165) is 17.0 Å². The molecule has 30 heavy (non-hydrogen) atoms. The minimum atomic E-state index is -4.81. The molecule has 0 radical (unpaired) electrons. The highest BCUT2D eigenvalue weighted by molar-refractivity contribution is 8.00. The summed E-state index contributed by atoms with van der Waals surface area (Å²) in [7, 11) is 0. The van der Waals surface area contributed by atoms with Crippen LogP contribution in [0.3, 0.4) is 0 Å². The Kier molecular flexibility index (Phi) is 6.20. The van der Waals surface area contributed by atoms with Crippen LogP contribution in [0.5, 0.6) is 5.75 Å². The van der Waals surface area contributed by atoms with Gasteiger partial charge in [-0.2, -0.15) is 0 Å². The third-order valence-corrected chi connectivity index (χ3v) is 4.93. The SMILES string of the molecule is CC(OC(=O)c1ccc2c(c1)NC(=O)CS2)C(=O)Nc1ccc(OC(F)(F)F)cc1. The van der Waals surface area contributed by atoms with Crippen molar-refractivity contribution in [2.45, 2.75) is 24.3 Å². The van der Waals surface area contributed by atoms with Gasteiger partial charge in [-0.05, 0) is 49.4 Å². The summed E-state index contributed by atoms with van der Waals surface area (Å²) in [6.07, 6.45) is -5.99. The van der Waals surface area contributed by atoms with Crippen LogP contribution in [0.25, 0.3) is 0 Å². The molecular formula is C19H15F3N2O5S. The topological polar surface area (TPSA) is 93.7 Å². The van der Waals surface area contributed by atoms with Crippen molar-refractivity contribution in [1.29, 1.82) is 0 Å². The predicted octanol–water partition coefficient (Wildman–Crippen LogP) is 3.81. The number of hydrogen-bond acceptors (Lipinski definition) is 6. The summed E-state index contributed by atoms with van der Waals surface area (Å²) in [6.45, 7) is 1.35. The molecule has 1 unspecified atom stereocenters.